The van der Waals surface area contributed by atoms with Crippen molar-refractivity contribution in [2.45, 2.75) is 38.9 Å². The van der Waals surface area contributed by atoms with Gasteiger partial charge in [0.2, 0.25) is 0 Å². The SMILES string of the molecule is CCOc1ccc(C2CCCN2C(=O)NCc2ccccc2CN(C)C)cc1. The first-order valence-corrected chi connectivity index (χ1v) is 10.1. The molecule has 0 saturated carbocycles. The van der Waals surface area contributed by atoms with E-state index in [1.54, 1.807) is 0 Å². The van der Waals surface area contributed by atoms with Crippen molar-refractivity contribution in [2.75, 3.05) is 27.2 Å². The Morgan fingerprint density at radius 3 is 2.54 bits per heavy atom. The van der Waals surface area contributed by atoms with Gasteiger partial charge in [0.15, 0.2) is 0 Å². The molecule has 0 spiro atoms. The van der Waals surface area contributed by atoms with Gasteiger partial charge in [-0.3, -0.25) is 0 Å². The summed E-state index contributed by atoms with van der Waals surface area (Å²) in [5.74, 6) is 0.873. The number of nitrogens with zero attached hydrogens (tertiary/aromatic N) is 2. The average Bonchev–Trinajstić information content (AvgIpc) is 3.17. The number of benzene rings is 2. The molecule has 2 amide bonds. The van der Waals surface area contributed by atoms with Gasteiger partial charge in [-0.25, -0.2) is 4.79 Å². The molecule has 28 heavy (non-hydrogen) atoms. The van der Waals surface area contributed by atoms with Crippen molar-refractivity contribution in [3.63, 3.8) is 0 Å². The van der Waals surface area contributed by atoms with Crippen molar-refractivity contribution in [1.82, 2.24) is 15.1 Å². The lowest BCUT2D eigenvalue weighted by Gasteiger charge is -2.26. The van der Waals surface area contributed by atoms with E-state index >= 15 is 0 Å². The Bertz CT molecular complexity index is 774. The Balaban J connectivity index is 1.64. The fraction of sp³-hybridized carbons (Fsp3) is 0.435. The monoisotopic (exact) mass is 381 g/mol. The van der Waals surface area contributed by atoms with Crippen LogP contribution in [0.4, 0.5) is 4.79 Å². The summed E-state index contributed by atoms with van der Waals surface area (Å²) in [6, 6.07) is 16.6. The Morgan fingerprint density at radius 1 is 1.14 bits per heavy atom. The van der Waals surface area contributed by atoms with E-state index in [1.807, 2.05) is 36.1 Å². The third-order valence-electron chi connectivity index (χ3n) is 5.12. The normalized spacial score (nSPS) is 16.4. The molecule has 1 saturated heterocycles. The molecule has 1 fully saturated rings. The van der Waals surface area contributed by atoms with Crippen LogP contribution < -0.4 is 10.1 Å². The minimum absolute atomic E-state index is 0.0102. The van der Waals surface area contributed by atoms with Gasteiger partial charge in [0, 0.05) is 19.6 Å². The first-order valence-electron chi connectivity index (χ1n) is 10.1. The number of rotatable bonds is 7. The lowest BCUT2D eigenvalue weighted by Crippen LogP contribution is -2.39. The Morgan fingerprint density at radius 2 is 1.86 bits per heavy atom. The van der Waals surface area contributed by atoms with Gasteiger partial charge < -0.3 is 19.9 Å². The van der Waals surface area contributed by atoms with Gasteiger partial charge in [0.25, 0.3) is 0 Å². The van der Waals surface area contributed by atoms with E-state index in [1.165, 1.54) is 16.7 Å². The van der Waals surface area contributed by atoms with Gasteiger partial charge in [0.05, 0.1) is 12.6 Å². The molecule has 1 atom stereocenters. The van der Waals surface area contributed by atoms with Crippen LogP contribution in [0.15, 0.2) is 48.5 Å². The predicted molar refractivity (Wildman–Crippen MR) is 112 cm³/mol. The summed E-state index contributed by atoms with van der Waals surface area (Å²) in [5.41, 5.74) is 3.59. The van der Waals surface area contributed by atoms with Crippen molar-refractivity contribution in [2.24, 2.45) is 0 Å². The summed E-state index contributed by atoms with van der Waals surface area (Å²) in [6.07, 6.45) is 2.03. The number of amides is 2. The molecule has 0 aliphatic carbocycles. The minimum Gasteiger partial charge on any atom is -0.494 e. The third kappa shape index (κ3) is 5.04. The maximum absolute atomic E-state index is 12.9. The van der Waals surface area contributed by atoms with Crippen LogP contribution in [0.5, 0.6) is 5.75 Å². The van der Waals surface area contributed by atoms with Crippen LogP contribution >= 0.6 is 0 Å². The van der Waals surface area contributed by atoms with Gasteiger partial charge in [-0.15, -0.1) is 0 Å². The van der Waals surface area contributed by atoms with E-state index in [2.05, 4.69) is 48.6 Å². The van der Waals surface area contributed by atoms with Crippen LogP contribution in [-0.4, -0.2) is 43.1 Å². The standard InChI is InChI=1S/C23H31N3O2/c1-4-28-21-13-11-18(12-14-21)22-10-7-15-26(22)23(27)24-16-19-8-5-6-9-20(19)17-25(2)3/h5-6,8-9,11-14,22H,4,7,10,15-17H2,1-3H3,(H,24,27). The molecule has 2 aromatic carbocycles. The van der Waals surface area contributed by atoms with Crippen molar-refractivity contribution in [3.05, 3.63) is 65.2 Å². The van der Waals surface area contributed by atoms with Gasteiger partial charge in [-0.1, -0.05) is 36.4 Å². The highest BCUT2D eigenvalue weighted by atomic mass is 16.5. The molecule has 0 bridgehead atoms. The smallest absolute Gasteiger partial charge is 0.318 e. The van der Waals surface area contributed by atoms with Crippen molar-refractivity contribution >= 4 is 6.03 Å². The van der Waals surface area contributed by atoms with Crippen molar-refractivity contribution in [3.8, 4) is 5.75 Å². The van der Waals surface area contributed by atoms with Crippen LogP contribution in [0.1, 0.15) is 42.5 Å². The molecule has 2 aromatic rings. The second kappa shape index (κ2) is 9.60. The fourth-order valence-electron chi connectivity index (χ4n) is 3.81. The summed E-state index contributed by atoms with van der Waals surface area (Å²) >= 11 is 0. The second-order valence-corrected chi connectivity index (χ2v) is 7.52. The van der Waals surface area contributed by atoms with E-state index in [0.717, 1.165) is 31.7 Å². The molecular formula is C23H31N3O2. The summed E-state index contributed by atoms with van der Waals surface area (Å²) < 4.78 is 5.53. The molecule has 0 radical (unpaired) electrons. The molecule has 3 rings (SSSR count). The van der Waals surface area contributed by atoms with E-state index in [4.69, 9.17) is 4.74 Å². The van der Waals surface area contributed by atoms with Crippen LogP contribution in [0.3, 0.4) is 0 Å². The Hall–Kier alpha value is -2.53. The van der Waals surface area contributed by atoms with Crippen molar-refractivity contribution < 1.29 is 9.53 Å². The first-order chi connectivity index (χ1) is 13.6. The maximum Gasteiger partial charge on any atom is 0.318 e. The molecule has 5 heteroatoms. The van der Waals surface area contributed by atoms with E-state index in [-0.39, 0.29) is 12.1 Å². The number of carbonyl (C=O) groups is 1. The molecule has 5 nitrogen and oxygen atoms in total. The minimum atomic E-state index is 0.0102. The Kier molecular flexibility index (Phi) is 6.93. The Labute approximate surface area is 168 Å². The topological polar surface area (TPSA) is 44.8 Å². The van der Waals surface area contributed by atoms with Crippen LogP contribution in [0, 0.1) is 0 Å². The highest BCUT2D eigenvalue weighted by molar-refractivity contribution is 5.75. The van der Waals surface area contributed by atoms with Crippen LogP contribution in [0.2, 0.25) is 0 Å². The fourth-order valence-corrected chi connectivity index (χ4v) is 3.81. The zero-order chi connectivity index (χ0) is 19.9. The molecule has 1 heterocycles. The van der Waals surface area contributed by atoms with Gasteiger partial charge in [-0.2, -0.15) is 0 Å². The van der Waals surface area contributed by atoms with Crippen LogP contribution in [0.25, 0.3) is 0 Å². The number of nitrogens with one attached hydrogen (secondary N) is 1. The number of urea groups is 1. The summed E-state index contributed by atoms with van der Waals surface area (Å²) in [4.78, 5) is 17.0. The lowest BCUT2D eigenvalue weighted by molar-refractivity contribution is 0.192. The largest absolute Gasteiger partial charge is 0.494 e. The predicted octanol–water partition coefficient (Wildman–Crippen LogP) is 4.19. The zero-order valence-corrected chi connectivity index (χ0v) is 17.1. The summed E-state index contributed by atoms with van der Waals surface area (Å²) in [6.45, 7) is 4.85. The van der Waals surface area contributed by atoms with Gasteiger partial charge in [-0.05, 0) is 62.7 Å². The number of hydrogen-bond donors (Lipinski definition) is 1. The zero-order valence-electron chi connectivity index (χ0n) is 17.1. The van der Waals surface area contributed by atoms with Crippen molar-refractivity contribution in [1.29, 1.82) is 0 Å². The summed E-state index contributed by atoms with van der Waals surface area (Å²) in [5, 5.41) is 3.13. The second-order valence-electron chi connectivity index (χ2n) is 7.52. The van der Waals surface area contributed by atoms with E-state index in [9.17, 15) is 4.79 Å². The van der Waals surface area contributed by atoms with E-state index in [0.29, 0.717) is 13.2 Å². The number of likely N-dealkylation sites (tertiary alicyclic amines) is 1. The molecule has 1 unspecified atom stereocenters. The number of hydrogen-bond acceptors (Lipinski definition) is 3. The van der Waals surface area contributed by atoms with Gasteiger partial charge >= 0.3 is 6.03 Å². The van der Waals surface area contributed by atoms with Gasteiger partial charge in [0.1, 0.15) is 5.75 Å². The van der Waals surface area contributed by atoms with Crippen LogP contribution in [-0.2, 0) is 13.1 Å². The quantitative estimate of drug-likeness (QED) is 0.782. The molecule has 1 aliphatic rings. The maximum atomic E-state index is 12.9. The first kappa shape index (κ1) is 20.2. The molecular weight excluding hydrogens is 350 g/mol. The highest BCUT2D eigenvalue weighted by Crippen LogP contribution is 2.32. The number of ether oxygens (including phenoxy) is 1. The molecule has 150 valence electrons. The highest BCUT2D eigenvalue weighted by Gasteiger charge is 2.29. The summed E-state index contributed by atoms with van der Waals surface area (Å²) in [7, 11) is 4.11. The number of carbonyl (C=O) groups excluding carboxylic acids is 1. The molecule has 1 aliphatic heterocycles. The lowest BCUT2D eigenvalue weighted by atomic mass is 10.0. The third-order valence-corrected chi connectivity index (χ3v) is 5.12. The average molecular weight is 382 g/mol. The van der Waals surface area contributed by atoms with E-state index < -0.39 is 0 Å². The molecule has 1 N–H and O–H groups in total. The molecule has 0 aromatic heterocycles.